The van der Waals surface area contributed by atoms with Crippen LogP contribution in [-0.4, -0.2) is 5.96 Å². The quantitative estimate of drug-likeness (QED) is 0.661. The summed E-state index contributed by atoms with van der Waals surface area (Å²) in [6, 6.07) is 12.7. The third kappa shape index (κ3) is 4.06. The minimum atomic E-state index is -0.303. The zero-order valence-corrected chi connectivity index (χ0v) is 12.6. The fraction of sp³-hybridized carbons (Fsp3) is 0.133. The molecule has 0 aliphatic heterocycles. The van der Waals surface area contributed by atoms with Gasteiger partial charge in [-0.3, -0.25) is 0 Å². The summed E-state index contributed by atoms with van der Waals surface area (Å²) in [5.41, 5.74) is 8.61. The smallest absolute Gasteiger partial charge is 0.193 e. The predicted octanol–water partition coefficient (Wildman–Crippen LogP) is 3.82. The monoisotopic (exact) mass is 335 g/mol. The van der Waals surface area contributed by atoms with Gasteiger partial charge in [0, 0.05) is 5.69 Å². The van der Waals surface area contributed by atoms with E-state index >= 15 is 0 Å². The molecule has 0 atom stereocenters. The van der Waals surface area contributed by atoms with Crippen LogP contribution in [0.15, 0.2) is 51.9 Å². The number of halogens is 2. The Morgan fingerprint density at radius 3 is 2.60 bits per heavy atom. The average Bonchev–Trinajstić information content (AvgIpc) is 2.43. The molecule has 0 aliphatic carbocycles. The van der Waals surface area contributed by atoms with E-state index in [2.05, 4.69) is 26.2 Å². The van der Waals surface area contributed by atoms with Gasteiger partial charge in [-0.1, -0.05) is 23.8 Å². The highest BCUT2D eigenvalue weighted by molar-refractivity contribution is 9.10. The van der Waals surface area contributed by atoms with Gasteiger partial charge < -0.3 is 11.1 Å². The van der Waals surface area contributed by atoms with Crippen LogP contribution in [0.1, 0.15) is 11.1 Å². The summed E-state index contributed by atoms with van der Waals surface area (Å²) in [5, 5.41) is 2.99. The first-order valence-corrected chi connectivity index (χ1v) is 6.91. The van der Waals surface area contributed by atoms with Gasteiger partial charge in [-0.15, -0.1) is 0 Å². The summed E-state index contributed by atoms with van der Waals surface area (Å²) < 4.78 is 13.8. The molecule has 0 saturated carbocycles. The van der Waals surface area contributed by atoms with Gasteiger partial charge in [0.05, 0.1) is 11.0 Å². The molecule has 3 N–H and O–H groups in total. The molecule has 0 saturated heterocycles. The van der Waals surface area contributed by atoms with Gasteiger partial charge >= 0.3 is 0 Å². The molecule has 2 rings (SSSR count). The van der Waals surface area contributed by atoms with Crippen LogP contribution in [0.2, 0.25) is 0 Å². The van der Waals surface area contributed by atoms with Crippen molar-refractivity contribution in [3.63, 3.8) is 0 Å². The molecule has 0 fully saturated rings. The maximum atomic E-state index is 13.3. The van der Waals surface area contributed by atoms with Gasteiger partial charge in [0.15, 0.2) is 5.96 Å². The summed E-state index contributed by atoms with van der Waals surface area (Å²) >= 11 is 3.11. The SMILES string of the molecule is Cc1ccc(NC(N)=NCc2ccc(Br)c(F)c2)cc1. The van der Waals surface area contributed by atoms with Gasteiger partial charge in [0.2, 0.25) is 0 Å². The molecule has 0 aromatic heterocycles. The molecule has 0 amide bonds. The molecule has 2 aromatic rings. The number of nitrogens with one attached hydrogen (secondary N) is 1. The molecule has 0 heterocycles. The van der Waals surface area contributed by atoms with Crippen LogP contribution in [0, 0.1) is 12.7 Å². The number of aryl methyl sites for hydroxylation is 1. The minimum absolute atomic E-state index is 0.303. The van der Waals surface area contributed by atoms with E-state index < -0.39 is 0 Å². The van der Waals surface area contributed by atoms with E-state index in [1.54, 1.807) is 12.1 Å². The molecular formula is C15H15BrFN3. The lowest BCUT2D eigenvalue weighted by molar-refractivity contribution is 0.619. The second kappa shape index (κ2) is 6.52. The van der Waals surface area contributed by atoms with E-state index in [1.807, 2.05) is 31.2 Å². The zero-order valence-electron chi connectivity index (χ0n) is 11.0. The summed E-state index contributed by atoms with van der Waals surface area (Å²) in [7, 11) is 0. The van der Waals surface area contributed by atoms with Gasteiger partial charge in [-0.05, 0) is 52.7 Å². The van der Waals surface area contributed by atoms with Crippen molar-refractivity contribution in [1.82, 2.24) is 0 Å². The molecule has 2 aromatic carbocycles. The third-order valence-corrected chi connectivity index (χ3v) is 3.38. The summed E-state index contributed by atoms with van der Waals surface area (Å²) in [5.74, 6) is -0.0000508. The average molecular weight is 336 g/mol. The first-order chi connectivity index (χ1) is 9.54. The van der Waals surface area contributed by atoms with Crippen LogP contribution in [0.4, 0.5) is 10.1 Å². The number of hydrogen-bond donors (Lipinski definition) is 2. The van der Waals surface area contributed by atoms with Gasteiger partial charge in [0.25, 0.3) is 0 Å². The number of guanidine groups is 1. The summed E-state index contributed by atoms with van der Waals surface area (Å²) in [6.07, 6.45) is 0. The molecule has 0 bridgehead atoms. The number of nitrogens with zero attached hydrogens (tertiary/aromatic N) is 1. The highest BCUT2D eigenvalue weighted by atomic mass is 79.9. The van der Waals surface area contributed by atoms with E-state index in [9.17, 15) is 4.39 Å². The lowest BCUT2D eigenvalue weighted by atomic mass is 10.2. The Morgan fingerprint density at radius 1 is 1.25 bits per heavy atom. The molecule has 104 valence electrons. The maximum Gasteiger partial charge on any atom is 0.193 e. The Bertz CT molecular complexity index is 624. The number of benzene rings is 2. The van der Waals surface area contributed by atoms with E-state index in [0.29, 0.717) is 17.0 Å². The summed E-state index contributed by atoms with van der Waals surface area (Å²) in [6.45, 7) is 2.35. The van der Waals surface area contributed by atoms with Crippen molar-refractivity contribution in [2.24, 2.45) is 10.7 Å². The predicted molar refractivity (Wildman–Crippen MR) is 84.2 cm³/mol. The van der Waals surface area contributed by atoms with E-state index in [-0.39, 0.29) is 5.82 Å². The minimum Gasteiger partial charge on any atom is -0.370 e. The topological polar surface area (TPSA) is 50.4 Å². The Kier molecular flexibility index (Phi) is 4.74. The van der Waals surface area contributed by atoms with Crippen molar-refractivity contribution in [3.05, 3.63) is 63.9 Å². The number of nitrogens with two attached hydrogens (primary N) is 1. The fourth-order valence-corrected chi connectivity index (χ4v) is 1.89. The molecule has 0 spiro atoms. The van der Waals surface area contributed by atoms with Crippen LogP contribution in [0.25, 0.3) is 0 Å². The van der Waals surface area contributed by atoms with Gasteiger partial charge in [-0.25, -0.2) is 9.38 Å². The second-order valence-corrected chi connectivity index (χ2v) is 5.30. The largest absolute Gasteiger partial charge is 0.370 e. The maximum absolute atomic E-state index is 13.3. The standard InChI is InChI=1S/C15H15BrFN3/c1-10-2-5-12(6-3-10)20-15(18)19-9-11-4-7-13(16)14(17)8-11/h2-8H,9H2,1H3,(H3,18,19,20). The molecule has 0 radical (unpaired) electrons. The fourth-order valence-electron chi connectivity index (χ4n) is 1.64. The molecule has 3 nitrogen and oxygen atoms in total. The lowest BCUT2D eigenvalue weighted by Gasteiger charge is -2.06. The van der Waals surface area contributed by atoms with Gasteiger partial charge in [-0.2, -0.15) is 0 Å². The first-order valence-electron chi connectivity index (χ1n) is 6.12. The number of aliphatic imine (C=N–C) groups is 1. The van der Waals surface area contributed by atoms with Crippen molar-refractivity contribution < 1.29 is 4.39 Å². The number of rotatable bonds is 3. The Morgan fingerprint density at radius 2 is 1.95 bits per heavy atom. The number of anilines is 1. The Hall–Kier alpha value is -1.88. The van der Waals surface area contributed by atoms with E-state index in [0.717, 1.165) is 11.3 Å². The van der Waals surface area contributed by atoms with Crippen LogP contribution in [-0.2, 0) is 6.54 Å². The van der Waals surface area contributed by atoms with Crippen LogP contribution >= 0.6 is 15.9 Å². The van der Waals surface area contributed by atoms with Crippen LogP contribution in [0.3, 0.4) is 0 Å². The number of hydrogen-bond acceptors (Lipinski definition) is 1. The molecule has 20 heavy (non-hydrogen) atoms. The summed E-state index contributed by atoms with van der Waals surface area (Å²) in [4.78, 5) is 4.18. The van der Waals surface area contributed by atoms with Crippen molar-refractivity contribution >= 4 is 27.6 Å². The first kappa shape index (κ1) is 14.5. The Labute approximate surface area is 125 Å². The zero-order chi connectivity index (χ0) is 14.5. The molecule has 0 unspecified atom stereocenters. The highest BCUT2D eigenvalue weighted by Gasteiger charge is 2.00. The van der Waals surface area contributed by atoms with E-state index in [1.165, 1.54) is 11.6 Å². The lowest BCUT2D eigenvalue weighted by Crippen LogP contribution is -2.22. The van der Waals surface area contributed by atoms with E-state index in [4.69, 9.17) is 5.73 Å². The molecule has 5 heteroatoms. The highest BCUT2D eigenvalue weighted by Crippen LogP contribution is 2.16. The molecule has 0 aliphatic rings. The normalized spacial score (nSPS) is 11.4. The molecular weight excluding hydrogens is 321 g/mol. The Balaban J connectivity index is 1.99. The third-order valence-electron chi connectivity index (χ3n) is 2.74. The second-order valence-electron chi connectivity index (χ2n) is 4.44. The van der Waals surface area contributed by atoms with Gasteiger partial charge in [0.1, 0.15) is 5.82 Å². The van der Waals surface area contributed by atoms with Crippen molar-refractivity contribution in [2.45, 2.75) is 13.5 Å². The van der Waals surface area contributed by atoms with Crippen molar-refractivity contribution in [1.29, 1.82) is 0 Å². The van der Waals surface area contributed by atoms with Crippen LogP contribution < -0.4 is 11.1 Å². The van der Waals surface area contributed by atoms with Crippen molar-refractivity contribution in [3.8, 4) is 0 Å². The van der Waals surface area contributed by atoms with Crippen molar-refractivity contribution in [2.75, 3.05) is 5.32 Å². The van der Waals surface area contributed by atoms with Crippen LogP contribution in [0.5, 0.6) is 0 Å².